The van der Waals surface area contributed by atoms with Crippen LogP contribution in [0.25, 0.3) is 22.3 Å². The van der Waals surface area contributed by atoms with Crippen LogP contribution in [0.3, 0.4) is 0 Å². The van der Waals surface area contributed by atoms with Crippen molar-refractivity contribution in [2.24, 2.45) is 0 Å². The third kappa shape index (κ3) is 13.4. The summed E-state index contributed by atoms with van der Waals surface area (Å²) in [5, 5.41) is 1.75. The summed E-state index contributed by atoms with van der Waals surface area (Å²) < 4.78 is 27.2. The maximum Gasteiger partial charge on any atom is 2.00 e. The molecule has 0 aromatic heterocycles. The zero-order valence-electron chi connectivity index (χ0n) is 33.0. The number of nitrogens with two attached hydrogens (primary N) is 1. The Morgan fingerprint density at radius 1 is 0.679 bits per heavy atom. The van der Waals surface area contributed by atoms with Crippen LogP contribution in [-0.4, -0.2) is 30.5 Å². The molecule has 0 heterocycles. The first-order valence-electron chi connectivity index (χ1n) is 19.5. The molecule has 0 saturated heterocycles. The number of nitrogen functional groups attached to an aromatic ring is 1. The fraction of sp³-hybridized carbons (Fsp3) is 0.478. The van der Waals surface area contributed by atoms with E-state index in [4.69, 9.17) is 18.7 Å². The molecule has 2 aliphatic carbocycles. The van der Waals surface area contributed by atoms with Gasteiger partial charge in [0.25, 0.3) is 0 Å². The first-order valence-corrected chi connectivity index (χ1v) is 22.8. The third-order valence-corrected chi connectivity index (χ3v) is 14.0. The fourth-order valence-corrected chi connectivity index (χ4v) is 11.8. The molecule has 0 amide bonds. The second-order valence-electron chi connectivity index (χ2n) is 15.6. The topological polar surface area (TPSA) is 83.2 Å². The third-order valence-electron chi connectivity index (χ3n) is 10.5. The summed E-state index contributed by atoms with van der Waals surface area (Å²) in [7, 11) is -4.04. The second-order valence-corrected chi connectivity index (χ2v) is 19.8. The van der Waals surface area contributed by atoms with E-state index >= 15 is 0 Å². The maximum atomic E-state index is 9.08. The second kappa shape index (κ2) is 21.7. The van der Waals surface area contributed by atoms with E-state index in [9.17, 15) is 0 Å². The monoisotopic (exact) mass is 845 g/mol. The Morgan fingerprint density at radius 2 is 1.13 bits per heavy atom. The molecule has 290 valence electrons. The molecule has 53 heavy (non-hydrogen) atoms. The van der Waals surface area contributed by atoms with Crippen LogP contribution in [0, 0.1) is 6.07 Å². The van der Waals surface area contributed by atoms with Gasteiger partial charge < -0.3 is 10.3 Å². The molecule has 7 heteroatoms. The van der Waals surface area contributed by atoms with Gasteiger partial charge in [0.05, 0.1) is 10.1 Å². The van der Waals surface area contributed by atoms with Gasteiger partial charge in [-0.05, 0) is 99.6 Å². The van der Waals surface area contributed by atoms with Crippen LogP contribution in [0.1, 0.15) is 140 Å². The van der Waals surface area contributed by atoms with Gasteiger partial charge in [0, 0.05) is 6.26 Å². The standard InChI is InChI=1S/C33H49P.C12H10N.CH4O3S.Pd/c1-23(2)26-21-30(24(3)4)33(31(22-26)25(5)6)29-19-13-14-20-32(29)34(27-15-9-7-10-16-27)28-17-11-8-12-18-28;13-12-9-5-4-8-11(12)10-6-2-1-3-7-10;1-5(2,3)4;/h13-14,19-25,27-28H,7-12,15-18H2,1-6H3;1-6,8-9H,13H2;1H3,(H,2,3,4);/q;-1;;+2/p-1. The molecule has 4 aromatic carbocycles. The molecule has 0 unspecified atom stereocenters. The van der Waals surface area contributed by atoms with Crippen LogP contribution in [0.4, 0.5) is 5.69 Å². The van der Waals surface area contributed by atoms with Gasteiger partial charge in [0.15, 0.2) is 0 Å². The van der Waals surface area contributed by atoms with Gasteiger partial charge in [-0.25, -0.2) is 8.42 Å². The van der Waals surface area contributed by atoms with Gasteiger partial charge in [-0.3, -0.25) is 0 Å². The van der Waals surface area contributed by atoms with Crippen LogP contribution in [0.2, 0.25) is 0 Å². The molecule has 4 nitrogen and oxygen atoms in total. The Morgan fingerprint density at radius 3 is 1.57 bits per heavy atom. The number of benzene rings is 4. The van der Waals surface area contributed by atoms with E-state index in [0.717, 1.165) is 28.1 Å². The summed E-state index contributed by atoms with van der Waals surface area (Å²) >= 11 is 0. The average Bonchev–Trinajstić information content (AvgIpc) is 3.12. The van der Waals surface area contributed by atoms with E-state index in [1.165, 1.54) is 69.8 Å². The summed E-state index contributed by atoms with van der Waals surface area (Å²) in [5.74, 6) is 1.64. The molecule has 0 atom stereocenters. The van der Waals surface area contributed by atoms with Crippen LogP contribution < -0.4 is 11.0 Å². The molecular formula is C46H62NO3PPdS. The molecule has 0 radical (unpaired) electrons. The van der Waals surface area contributed by atoms with Crippen LogP contribution in [0.15, 0.2) is 84.9 Å². The van der Waals surface area contributed by atoms with Crippen molar-refractivity contribution in [1.29, 1.82) is 0 Å². The van der Waals surface area contributed by atoms with E-state index in [2.05, 4.69) is 84.0 Å². The summed E-state index contributed by atoms with van der Waals surface area (Å²) in [5.41, 5.74) is 18.4. The number of anilines is 1. The molecule has 0 bridgehead atoms. The molecule has 0 spiro atoms. The average molecular weight is 846 g/mol. The van der Waals surface area contributed by atoms with E-state index in [-0.39, 0.29) is 28.3 Å². The predicted molar refractivity (Wildman–Crippen MR) is 225 cm³/mol. The first kappa shape index (κ1) is 45.1. The predicted octanol–water partition coefficient (Wildman–Crippen LogP) is 12.4. The van der Waals surface area contributed by atoms with Crippen LogP contribution in [-0.2, 0) is 30.5 Å². The Kier molecular flexibility index (Phi) is 18.4. The van der Waals surface area contributed by atoms with E-state index in [0.29, 0.717) is 24.0 Å². The van der Waals surface area contributed by atoms with Gasteiger partial charge in [-0.2, -0.15) is 0 Å². The molecule has 2 aliphatic rings. The normalized spacial score (nSPS) is 15.4. The van der Waals surface area contributed by atoms with Crippen molar-refractivity contribution >= 4 is 29.0 Å². The molecule has 4 aromatic rings. The summed E-state index contributed by atoms with van der Waals surface area (Å²) in [6, 6.07) is 33.6. The SMILES string of the molecule is CC(C)c1cc(C(C)C)c(-c2ccccc2P(C2CCCCC2)C2CCCCC2)c(C(C)C)c1.CS(=O)(=O)[O-].Nc1ccccc1-c1[c-]cccc1.[Pd+2]. The minimum Gasteiger partial charge on any atom is -0.748 e. The summed E-state index contributed by atoms with van der Waals surface area (Å²) in [6.07, 6.45) is 15.2. The van der Waals surface area contributed by atoms with Crippen molar-refractivity contribution in [1.82, 2.24) is 0 Å². The summed E-state index contributed by atoms with van der Waals surface area (Å²) in [6.45, 7) is 14.3. The Labute approximate surface area is 337 Å². The Balaban J connectivity index is 0.000000327. The van der Waals surface area contributed by atoms with Gasteiger partial charge >= 0.3 is 20.4 Å². The zero-order valence-corrected chi connectivity index (χ0v) is 36.3. The minimum atomic E-state index is -3.92. The van der Waals surface area contributed by atoms with Crippen LogP contribution in [0.5, 0.6) is 0 Å². The zero-order chi connectivity index (χ0) is 37.8. The number of hydrogen-bond acceptors (Lipinski definition) is 4. The van der Waals surface area contributed by atoms with Gasteiger partial charge in [-0.15, -0.1) is 35.9 Å². The van der Waals surface area contributed by atoms with Gasteiger partial charge in [0.2, 0.25) is 0 Å². The first-order chi connectivity index (χ1) is 24.8. The van der Waals surface area contributed by atoms with Gasteiger partial charge in [0.1, 0.15) is 0 Å². The smallest absolute Gasteiger partial charge is 0.748 e. The van der Waals surface area contributed by atoms with Crippen molar-refractivity contribution in [3.05, 3.63) is 108 Å². The number of rotatable bonds is 8. The molecular weight excluding hydrogens is 784 g/mol. The van der Waals surface area contributed by atoms with Crippen molar-refractivity contribution < 1.29 is 33.4 Å². The quantitative estimate of drug-likeness (QED) is 0.0629. The Hall–Kier alpha value is -2.32. The largest absolute Gasteiger partial charge is 2.00 e. The van der Waals surface area contributed by atoms with E-state index in [1.54, 1.807) is 27.6 Å². The maximum absolute atomic E-state index is 9.08. The number of hydrogen-bond donors (Lipinski definition) is 1. The number of para-hydroxylation sites is 1. The minimum absolute atomic E-state index is 0. The Bertz CT molecular complexity index is 1740. The van der Waals surface area contributed by atoms with Crippen molar-refractivity contribution in [2.45, 2.75) is 135 Å². The van der Waals surface area contributed by atoms with Crippen molar-refractivity contribution in [2.75, 3.05) is 12.0 Å². The molecule has 2 fully saturated rings. The molecule has 2 N–H and O–H groups in total. The van der Waals surface area contributed by atoms with Crippen LogP contribution >= 0.6 is 7.92 Å². The summed E-state index contributed by atoms with van der Waals surface area (Å²) in [4.78, 5) is 0. The van der Waals surface area contributed by atoms with Crippen molar-refractivity contribution in [3.63, 3.8) is 0 Å². The van der Waals surface area contributed by atoms with E-state index in [1.807, 2.05) is 48.5 Å². The van der Waals surface area contributed by atoms with E-state index < -0.39 is 10.1 Å². The molecule has 2 saturated carbocycles. The van der Waals surface area contributed by atoms with Gasteiger partial charge in [-0.1, -0.05) is 148 Å². The van der Waals surface area contributed by atoms with Crippen molar-refractivity contribution in [3.8, 4) is 22.3 Å². The molecule has 0 aliphatic heterocycles. The fourth-order valence-electron chi connectivity index (χ4n) is 7.89. The molecule has 6 rings (SSSR count).